The molecule has 2 unspecified atom stereocenters. The van der Waals surface area contributed by atoms with Crippen LogP contribution >= 0.6 is 31.9 Å². The second kappa shape index (κ2) is 5.69. The molecule has 0 bridgehead atoms. The number of aliphatic hydroxyl groups is 1. The van der Waals surface area contributed by atoms with E-state index in [1.807, 2.05) is 6.92 Å². The normalized spacial score (nSPS) is 14.6. The minimum absolute atomic E-state index is 0.411. The summed E-state index contributed by atoms with van der Waals surface area (Å²) >= 11 is 6.45. The second-order valence-electron chi connectivity index (χ2n) is 3.24. The third kappa shape index (κ3) is 3.07. The van der Waals surface area contributed by atoms with Gasteiger partial charge < -0.3 is 9.52 Å². The SMILES string of the molecule is CCCC(C#N)C(O)c1cc(Br)c(Br)o1. The highest BCUT2D eigenvalue weighted by atomic mass is 79.9. The maximum Gasteiger partial charge on any atom is 0.183 e. The highest BCUT2D eigenvalue weighted by Gasteiger charge is 2.23. The van der Waals surface area contributed by atoms with Crippen LogP contribution < -0.4 is 0 Å². The van der Waals surface area contributed by atoms with Gasteiger partial charge in [-0.15, -0.1) is 0 Å². The van der Waals surface area contributed by atoms with Crippen molar-refractivity contribution >= 4 is 31.9 Å². The van der Waals surface area contributed by atoms with Crippen molar-refractivity contribution in [1.29, 1.82) is 5.26 Å². The predicted octanol–water partition coefficient (Wildman–Crippen LogP) is 3.78. The van der Waals surface area contributed by atoms with E-state index in [1.165, 1.54) is 0 Å². The first-order valence-corrected chi connectivity index (χ1v) is 6.21. The lowest BCUT2D eigenvalue weighted by Crippen LogP contribution is -2.09. The van der Waals surface area contributed by atoms with Gasteiger partial charge in [-0.2, -0.15) is 5.26 Å². The van der Waals surface area contributed by atoms with Crippen LogP contribution in [0, 0.1) is 17.2 Å². The summed E-state index contributed by atoms with van der Waals surface area (Å²) < 4.78 is 6.55. The van der Waals surface area contributed by atoms with Crippen molar-refractivity contribution in [2.24, 2.45) is 5.92 Å². The molecule has 1 N–H and O–H groups in total. The van der Waals surface area contributed by atoms with Gasteiger partial charge in [0, 0.05) is 0 Å². The fourth-order valence-corrected chi connectivity index (χ4v) is 1.92. The standard InChI is InChI=1S/C10H11Br2NO2/c1-2-3-6(5-13)9(14)8-4-7(11)10(12)15-8/h4,6,9,14H,2-3H2,1H3. The first-order valence-electron chi connectivity index (χ1n) is 4.62. The van der Waals surface area contributed by atoms with Crippen LogP contribution in [0.15, 0.2) is 19.6 Å². The number of hydrogen-bond acceptors (Lipinski definition) is 3. The molecule has 2 atom stereocenters. The molecule has 0 amide bonds. The molecule has 0 saturated carbocycles. The van der Waals surface area contributed by atoms with Crippen LogP contribution in [0.5, 0.6) is 0 Å². The van der Waals surface area contributed by atoms with Gasteiger partial charge in [-0.1, -0.05) is 13.3 Å². The predicted molar refractivity (Wildman–Crippen MR) is 63.1 cm³/mol. The molecule has 1 aromatic rings. The Morgan fingerprint density at radius 3 is 2.67 bits per heavy atom. The van der Waals surface area contributed by atoms with Crippen LogP contribution in [-0.2, 0) is 0 Å². The molecule has 0 fully saturated rings. The Bertz CT molecular complexity index is 350. The van der Waals surface area contributed by atoms with Gasteiger partial charge in [0.2, 0.25) is 0 Å². The molecule has 0 radical (unpaired) electrons. The molecular formula is C10H11Br2NO2. The molecule has 0 saturated heterocycles. The van der Waals surface area contributed by atoms with E-state index >= 15 is 0 Å². The van der Waals surface area contributed by atoms with Crippen molar-refractivity contribution in [3.05, 3.63) is 21.0 Å². The first kappa shape index (κ1) is 12.8. The average Bonchev–Trinajstić information content (AvgIpc) is 2.55. The zero-order chi connectivity index (χ0) is 11.4. The second-order valence-corrected chi connectivity index (χ2v) is 4.81. The van der Waals surface area contributed by atoms with Crippen molar-refractivity contribution in [1.82, 2.24) is 0 Å². The van der Waals surface area contributed by atoms with Gasteiger partial charge in [-0.25, -0.2) is 0 Å². The van der Waals surface area contributed by atoms with Crippen molar-refractivity contribution < 1.29 is 9.52 Å². The summed E-state index contributed by atoms with van der Waals surface area (Å²) in [7, 11) is 0. The van der Waals surface area contributed by atoms with Gasteiger partial charge in [0.25, 0.3) is 0 Å². The van der Waals surface area contributed by atoms with Gasteiger partial charge in [0.05, 0.1) is 16.5 Å². The highest BCUT2D eigenvalue weighted by molar-refractivity contribution is 9.13. The van der Waals surface area contributed by atoms with E-state index in [9.17, 15) is 5.11 Å². The van der Waals surface area contributed by atoms with Gasteiger partial charge in [-0.3, -0.25) is 0 Å². The van der Waals surface area contributed by atoms with Crippen LogP contribution in [0.4, 0.5) is 0 Å². The summed E-state index contributed by atoms with van der Waals surface area (Å²) in [5.41, 5.74) is 0. The van der Waals surface area contributed by atoms with Gasteiger partial charge in [0.1, 0.15) is 11.9 Å². The molecule has 5 heteroatoms. The first-order chi connectivity index (χ1) is 7.10. The monoisotopic (exact) mass is 335 g/mol. The maximum absolute atomic E-state index is 9.89. The van der Waals surface area contributed by atoms with E-state index in [0.717, 1.165) is 10.9 Å². The number of rotatable bonds is 4. The highest BCUT2D eigenvalue weighted by Crippen LogP contribution is 2.33. The Balaban J connectivity index is 2.83. The Morgan fingerprint density at radius 1 is 1.60 bits per heavy atom. The minimum atomic E-state index is -0.863. The average molecular weight is 337 g/mol. The van der Waals surface area contributed by atoms with E-state index in [2.05, 4.69) is 37.9 Å². The summed E-state index contributed by atoms with van der Waals surface area (Å²) in [6.45, 7) is 1.98. The summed E-state index contributed by atoms with van der Waals surface area (Å²) in [5.74, 6) is -0.00583. The number of hydrogen-bond donors (Lipinski definition) is 1. The molecule has 3 nitrogen and oxygen atoms in total. The summed E-state index contributed by atoms with van der Waals surface area (Å²) in [6, 6.07) is 3.76. The van der Waals surface area contributed by atoms with Crippen molar-refractivity contribution in [3.8, 4) is 6.07 Å². The quantitative estimate of drug-likeness (QED) is 0.910. The number of aliphatic hydroxyl groups excluding tert-OH is 1. The van der Waals surface area contributed by atoms with Gasteiger partial charge >= 0.3 is 0 Å². The lowest BCUT2D eigenvalue weighted by atomic mass is 9.97. The number of nitriles is 1. The molecule has 0 aliphatic heterocycles. The van der Waals surface area contributed by atoms with Gasteiger partial charge in [0.15, 0.2) is 4.67 Å². The number of nitrogens with zero attached hydrogens (tertiary/aromatic N) is 1. The largest absolute Gasteiger partial charge is 0.450 e. The van der Waals surface area contributed by atoms with E-state index in [4.69, 9.17) is 9.68 Å². The lowest BCUT2D eigenvalue weighted by molar-refractivity contribution is 0.104. The van der Waals surface area contributed by atoms with Crippen molar-refractivity contribution in [2.75, 3.05) is 0 Å². The van der Waals surface area contributed by atoms with Crippen LogP contribution in [0.1, 0.15) is 31.6 Å². The Hall–Kier alpha value is -0.310. The molecule has 1 rings (SSSR count). The molecular weight excluding hydrogens is 326 g/mol. The summed E-state index contributed by atoms with van der Waals surface area (Å²) in [4.78, 5) is 0. The Kier molecular flexibility index (Phi) is 4.84. The van der Waals surface area contributed by atoms with Crippen LogP contribution in [-0.4, -0.2) is 5.11 Å². The minimum Gasteiger partial charge on any atom is -0.450 e. The Morgan fingerprint density at radius 2 is 2.27 bits per heavy atom. The summed E-state index contributed by atoms with van der Waals surface area (Å²) in [6.07, 6.45) is 0.656. The van der Waals surface area contributed by atoms with E-state index in [1.54, 1.807) is 6.07 Å². The molecule has 15 heavy (non-hydrogen) atoms. The van der Waals surface area contributed by atoms with E-state index < -0.39 is 12.0 Å². The zero-order valence-electron chi connectivity index (χ0n) is 8.20. The molecule has 0 aliphatic carbocycles. The maximum atomic E-state index is 9.89. The summed E-state index contributed by atoms with van der Waals surface area (Å²) in [5, 5.41) is 18.8. The van der Waals surface area contributed by atoms with Crippen LogP contribution in [0.3, 0.4) is 0 Å². The smallest absolute Gasteiger partial charge is 0.183 e. The number of halogens is 2. The molecule has 0 aromatic carbocycles. The van der Waals surface area contributed by atoms with E-state index in [0.29, 0.717) is 16.9 Å². The topological polar surface area (TPSA) is 57.2 Å². The molecule has 0 aliphatic rings. The van der Waals surface area contributed by atoms with Gasteiger partial charge in [-0.05, 0) is 44.3 Å². The molecule has 1 aromatic heterocycles. The third-order valence-corrected chi connectivity index (χ3v) is 3.81. The van der Waals surface area contributed by atoms with Crippen LogP contribution in [0.2, 0.25) is 0 Å². The van der Waals surface area contributed by atoms with Crippen LogP contribution in [0.25, 0.3) is 0 Å². The molecule has 1 heterocycles. The number of furan rings is 1. The zero-order valence-corrected chi connectivity index (χ0v) is 11.4. The molecule has 0 spiro atoms. The molecule has 82 valence electrons. The fourth-order valence-electron chi connectivity index (χ4n) is 1.31. The van der Waals surface area contributed by atoms with Crippen molar-refractivity contribution in [3.63, 3.8) is 0 Å². The fraction of sp³-hybridized carbons (Fsp3) is 0.500. The lowest BCUT2D eigenvalue weighted by Gasteiger charge is -2.12. The Labute approximate surface area is 105 Å². The third-order valence-electron chi connectivity index (χ3n) is 2.10. The van der Waals surface area contributed by atoms with E-state index in [-0.39, 0.29) is 0 Å². The van der Waals surface area contributed by atoms with Crippen molar-refractivity contribution in [2.45, 2.75) is 25.9 Å².